The molecule has 0 atom stereocenters. The first-order valence-electron chi connectivity index (χ1n) is 14.7. The molecule has 4 aromatic carbocycles. The molecule has 0 unspecified atom stereocenters. The fraction of sp³-hybridized carbons (Fsp3) is 0.162. The molecular weight excluding hydrogens is 564 g/mol. The smallest absolute Gasteiger partial charge is 0.307 e. The minimum atomic E-state index is -0.839. The first-order valence-corrected chi connectivity index (χ1v) is 14.7. The van der Waals surface area contributed by atoms with Crippen molar-refractivity contribution >= 4 is 28.2 Å². The van der Waals surface area contributed by atoms with E-state index in [-0.39, 0.29) is 6.42 Å². The summed E-state index contributed by atoms with van der Waals surface area (Å²) in [6, 6.07) is 33.7. The maximum absolute atomic E-state index is 11.2. The van der Waals surface area contributed by atoms with Gasteiger partial charge in [-0.2, -0.15) is 10.1 Å². The molecule has 0 fully saturated rings. The number of carbonyl (C=O) groups is 1. The Morgan fingerprint density at radius 1 is 0.822 bits per heavy atom. The Bertz CT molecular complexity index is 1970. The van der Waals surface area contributed by atoms with E-state index < -0.39 is 5.97 Å². The molecule has 0 aliphatic rings. The van der Waals surface area contributed by atoms with Crippen molar-refractivity contribution in [3.05, 3.63) is 131 Å². The number of ether oxygens (including phenoxy) is 2. The number of carboxylic acid groups (broad SMARTS) is 1. The van der Waals surface area contributed by atoms with E-state index in [1.54, 1.807) is 0 Å². The van der Waals surface area contributed by atoms with Gasteiger partial charge in [-0.05, 0) is 72.0 Å². The highest BCUT2D eigenvalue weighted by Gasteiger charge is 2.19. The summed E-state index contributed by atoms with van der Waals surface area (Å²) in [5.41, 5.74) is 9.17. The monoisotopic (exact) mass is 598 g/mol. The summed E-state index contributed by atoms with van der Waals surface area (Å²) >= 11 is 0. The van der Waals surface area contributed by atoms with Crippen molar-refractivity contribution in [2.75, 3.05) is 5.32 Å². The Morgan fingerprint density at radius 3 is 2.20 bits per heavy atom. The van der Waals surface area contributed by atoms with Gasteiger partial charge in [0.1, 0.15) is 18.9 Å². The molecule has 0 aliphatic carbocycles. The number of carboxylic acids is 1. The summed E-state index contributed by atoms with van der Waals surface area (Å²) < 4.78 is 14.2. The largest absolute Gasteiger partial charge is 0.481 e. The number of benzene rings is 4. The lowest BCUT2D eigenvalue weighted by molar-refractivity contribution is -0.136. The standard InChI is InChI=1S/C37H34N4O4/c1-24-25(2)32(18-14-28(24)20-35(42)43)38-29-15-16-30-33(21-29)41(3)40-36(30)31-17-19-34(44-22-26-10-6-4-7-11-26)39-37(31)45-23-27-12-8-5-9-13-27/h4-19,21,38H,20,22-23H2,1-3H3,(H,42,43). The Hall–Kier alpha value is -5.63. The third-order valence-electron chi connectivity index (χ3n) is 7.91. The zero-order valence-corrected chi connectivity index (χ0v) is 25.4. The average Bonchev–Trinajstić information content (AvgIpc) is 3.38. The average molecular weight is 599 g/mol. The number of fused-ring (bicyclic) bond motifs is 1. The van der Waals surface area contributed by atoms with Crippen LogP contribution in [0.2, 0.25) is 0 Å². The van der Waals surface area contributed by atoms with Gasteiger partial charge in [0.2, 0.25) is 11.8 Å². The lowest BCUT2D eigenvalue weighted by Gasteiger charge is -2.15. The zero-order valence-electron chi connectivity index (χ0n) is 25.4. The number of aromatic nitrogens is 3. The van der Waals surface area contributed by atoms with Gasteiger partial charge in [0.15, 0.2) is 0 Å². The number of hydrogen-bond acceptors (Lipinski definition) is 6. The summed E-state index contributed by atoms with van der Waals surface area (Å²) in [7, 11) is 1.92. The molecule has 0 radical (unpaired) electrons. The molecule has 6 aromatic rings. The van der Waals surface area contributed by atoms with Gasteiger partial charge in [-0.25, -0.2) is 0 Å². The van der Waals surface area contributed by atoms with Crippen LogP contribution in [0.15, 0.2) is 103 Å². The van der Waals surface area contributed by atoms with Crippen LogP contribution in [0.1, 0.15) is 27.8 Å². The van der Waals surface area contributed by atoms with Gasteiger partial charge in [-0.15, -0.1) is 0 Å². The van der Waals surface area contributed by atoms with Gasteiger partial charge in [-0.3, -0.25) is 9.48 Å². The van der Waals surface area contributed by atoms with Gasteiger partial charge in [0.25, 0.3) is 0 Å². The molecule has 6 rings (SSSR count). The van der Waals surface area contributed by atoms with E-state index in [2.05, 4.69) is 11.4 Å². The second-order valence-corrected chi connectivity index (χ2v) is 11.0. The number of nitrogens with zero attached hydrogens (tertiary/aromatic N) is 3. The molecule has 0 aliphatic heterocycles. The van der Waals surface area contributed by atoms with Crippen molar-refractivity contribution in [3.63, 3.8) is 0 Å². The van der Waals surface area contributed by atoms with E-state index in [0.717, 1.165) is 61.4 Å². The number of pyridine rings is 1. The Kier molecular flexibility index (Phi) is 8.46. The molecular formula is C37H34N4O4. The van der Waals surface area contributed by atoms with Gasteiger partial charge in [0, 0.05) is 29.9 Å². The zero-order chi connectivity index (χ0) is 31.3. The Balaban J connectivity index is 1.31. The van der Waals surface area contributed by atoms with E-state index in [0.29, 0.717) is 25.0 Å². The summed E-state index contributed by atoms with van der Waals surface area (Å²) in [6.07, 6.45) is 0.00273. The minimum absolute atomic E-state index is 0.00273. The predicted molar refractivity (Wildman–Crippen MR) is 176 cm³/mol. The van der Waals surface area contributed by atoms with Crippen LogP contribution in [-0.2, 0) is 31.5 Å². The molecule has 0 bridgehead atoms. The second-order valence-electron chi connectivity index (χ2n) is 11.0. The molecule has 2 N–H and O–H groups in total. The quantitative estimate of drug-likeness (QED) is 0.157. The van der Waals surface area contributed by atoms with E-state index >= 15 is 0 Å². The van der Waals surface area contributed by atoms with Gasteiger partial charge in [0.05, 0.1) is 17.5 Å². The molecule has 0 spiro atoms. The molecule has 0 saturated heterocycles. The normalized spacial score (nSPS) is 11.0. The van der Waals surface area contributed by atoms with Crippen molar-refractivity contribution in [2.45, 2.75) is 33.5 Å². The highest BCUT2D eigenvalue weighted by Crippen LogP contribution is 2.37. The van der Waals surface area contributed by atoms with Crippen molar-refractivity contribution < 1.29 is 19.4 Å². The summed E-state index contributed by atoms with van der Waals surface area (Å²) in [5, 5.41) is 18.6. The van der Waals surface area contributed by atoms with Crippen molar-refractivity contribution in [3.8, 4) is 23.0 Å². The third-order valence-corrected chi connectivity index (χ3v) is 7.91. The predicted octanol–water partition coefficient (Wildman–Crippen LogP) is 7.78. The van der Waals surface area contributed by atoms with Crippen LogP contribution < -0.4 is 14.8 Å². The van der Waals surface area contributed by atoms with Crippen LogP contribution in [0.25, 0.3) is 22.2 Å². The molecule has 8 heteroatoms. The molecule has 0 saturated carbocycles. The van der Waals surface area contributed by atoms with Crippen LogP contribution in [0.3, 0.4) is 0 Å². The SMILES string of the molecule is Cc1c(CC(=O)O)ccc(Nc2ccc3c(-c4ccc(OCc5ccccc5)nc4OCc4ccccc4)nn(C)c3c2)c1C. The molecule has 2 heterocycles. The topological polar surface area (TPSA) is 98.5 Å². The molecule has 2 aromatic heterocycles. The maximum Gasteiger partial charge on any atom is 0.307 e. The van der Waals surface area contributed by atoms with Crippen molar-refractivity contribution in [1.82, 2.24) is 14.8 Å². The summed E-state index contributed by atoms with van der Waals surface area (Å²) in [6.45, 7) is 4.71. The lowest BCUT2D eigenvalue weighted by Crippen LogP contribution is -2.04. The fourth-order valence-electron chi connectivity index (χ4n) is 5.31. The second kappa shape index (κ2) is 12.9. The van der Waals surface area contributed by atoms with E-state index in [1.807, 2.05) is 123 Å². The maximum atomic E-state index is 11.2. The van der Waals surface area contributed by atoms with Crippen LogP contribution in [0.5, 0.6) is 11.8 Å². The highest BCUT2D eigenvalue weighted by atomic mass is 16.5. The first-order chi connectivity index (χ1) is 21.9. The molecule has 0 amide bonds. The number of aliphatic carboxylic acids is 1. The summed E-state index contributed by atoms with van der Waals surface area (Å²) in [4.78, 5) is 16.0. The number of rotatable bonds is 11. The third kappa shape index (κ3) is 6.65. The first kappa shape index (κ1) is 29.4. The minimum Gasteiger partial charge on any atom is -0.481 e. The van der Waals surface area contributed by atoms with E-state index in [4.69, 9.17) is 19.6 Å². The van der Waals surface area contributed by atoms with Crippen LogP contribution in [-0.4, -0.2) is 25.8 Å². The Morgan fingerprint density at radius 2 is 1.51 bits per heavy atom. The van der Waals surface area contributed by atoms with E-state index in [9.17, 15) is 9.90 Å². The Labute approximate surface area is 261 Å². The van der Waals surface area contributed by atoms with E-state index in [1.165, 1.54) is 0 Å². The highest BCUT2D eigenvalue weighted by molar-refractivity contribution is 5.96. The molecule has 8 nitrogen and oxygen atoms in total. The number of aryl methyl sites for hydroxylation is 1. The molecule has 45 heavy (non-hydrogen) atoms. The fourth-order valence-corrected chi connectivity index (χ4v) is 5.31. The summed E-state index contributed by atoms with van der Waals surface area (Å²) in [5.74, 6) is 0.0745. The van der Waals surface area contributed by atoms with Crippen molar-refractivity contribution in [1.29, 1.82) is 0 Å². The van der Waals surface area contributed by atoms with Gasteiger partial charge < -0.3 is 19.9 Å². The number of nitrogens with one attached hydrogen (secondary N) is 1. The lowest BCUT2D eigenvalue weighted by atomic mass is 9.99. The number of anilines is 2. The van der Waals surface area contributed by atoms with Crippen molar-refractivity contribution in [2.24, 2.45) is 7.05 Å². The van der Waals surface area contributed by atoms with Crippen LogP contribution >= 0.6 is 0 Å². The van der Waals surface area contributed by atoms with Gasteiger partial charge >= 0.3 is 5.97 Å². The van der Waals surface area contributed by atoms with Crippen LogP contribution in [0.4, 0.5) is 11.4 Å². The number of hydrogen-bond donors (Lipinski definition) is 2. The van der Waals surface area contributed by atoms with Crippen LogP contribution in [0, 0.1) is 13.8 Å². The molecule has 226 valence electrons. The van der Waals surface area contributed by atoms with Gasteiger partial charge in [-0.1, -0.05) is 66.7 Å².